The number of nitrogens with zero attached hydrogens (tertiary/aromatic N) is 5. The molecular formula is C16H33N5O24P4. The number of aliphatic hydroxyl groups is 3. The van der Waals surface area contributed by atoms with Crippen molar-refractivity contribution >= 4 is 60.2 Å². The molecule has 0 aliphatic carbocycles. The van der Waals surface area contributed by atoms with Crippen LogP contribution in [0.15, 0.2) is 12.7 Å². The van der Waals surface area contributed by atoms with E-state index in [1.807, 2.05) is 0 Å². The number of carbonyl (C=O) groups is 2. The molecular weight excluding hydrogens is 770 g/mol. The van der Waals surface area contributed by atoms with E-state index in [9.17, 15) is 35.1 Å². The van der Waals surface area contributed by atoms with Crippen LogP contribution < -0.4 is 4.90 Å². The van der Waals surface area contributed by atoms with Gasteiger partial charge in [0.25, 0.3) is 0 Å². The van der Waals surface area contributed by atoms with E-state index in [2.05, 4.69) is 15.0 Å². The van der Waals surface area contributed by atoms with Gasteiger partial charge in [0.1, 0.15) is 36.7 Å². The van der Waals surface area contributed by atoms with Crippen LogP contribution in [-0.2, 0) is 32.6 Å². The molecule has 286 valence electrons. The first-order chi connectivity index (χ1) is 21.7. The summed E-state index contributed by atoms with van der Waals surface area (Å²) in [5.41, 5.74) is 0.219. The quantitative estimate of drug-likeness (QED) is 0.116. The Balaban J connectivity index is 0. The molecule has 1 aliphatic heterocycles. The van der Waals surface area contributed by atoms with Gasteiger partial charge in [-0.3, -0.25) is 4.57 Å². The Morgan fingerprint density at radius 2 is 1.12 bits per heavy atom. The number of hydrogen-bond donors (Lipinski definition) is 17. The lowest BCUT2D eigenvalue weighted by Gasteiger charge is -2.31. The van der Waals surface area contributed by atoms with Crippen LogP contribution in [0.2, 0.25) is 0 Å². The van der Waals surface area contributed by atoms with Crippen LogP contribution in [0, 0.1) is 0 Å². The van der Waals surface area contributed by atoms with Crippen LogP contribution in [0.5, 0.6) is 0 Å². The SMILES string of the molecule is CC(C(=O)O)N(c1ncnc2c1ncn2[C@@H]1O[C@H](CO)[C@@H](O)[C@H]1O)C(C)C(=O)O.O=P(O)(O)O.O=P(O)(O)O.O=P(O)(O)O.O=P(O)(O)O. The molecule has 0 bridgehead atoms. The lowest BCUT2D eigenvalue weighted by Crippen LogP contribution is -2.48. The molecule has 2 unspecified atom stereocenters. The highest BCUT2D eigenvalue weighted by Gasteiger charge is 2.44. The topological polar surface area (TPSA) is 502 Å². The third-order valence-corrected chi connectivity index (χ3v) is 4.92. The second-order valence-electron chi connectivity index (χ2n) is 8.74. The first-order valence-corrected chi connectivity index (χ1v) is 18.1. The number of aromatic nitrogens is 4. The van der Waals surface area contributed by atoms with Gasteiger partial charge in [0.2, 0.25) is 0 Å². The Morgan fingerprint density at radius 1 is 0.755 bits per heavy atom. The Morgan fingerprint density at radius 3 is 1.43 bits per heavy atom. The van der Waals surface area contributed by atoms with E-state index < -0.39 is 86.5 Å². The minimum absolute atomic E-state index is 0.0229. The maximum Gasteiger partial charge on any atom is 0.466 e. The maximum atomic E-state index is 11.5. The number of aliphatic carboxylic acids is 2. The van der Waals surface area contributed by atoms with Crippen molar-refractivity contribution in [1.29, 1.82) is 0 Å². The zero-order chi connectivity index (χ0) is 39.5. The number of rotatable bonds is 7. The van der Waals surface area contributed by atoms with E-state index in [0.717, 1.165) is 11.2 Å². The summed E-state index contributed by atoms with van der Waals surface area (Å²) in [4.78, 5) is 123. The number of imidazole rings is 1. The van der Waals surface area contributed by atoms with Crippen molar-refractivity contribution in [3.05, 3.63) is 12.7 Å². The van der Waals surface area contributed by atoms with Gasteiger partial charge < -0.3 is 93.9 Å². The predicted molar refractivity (Wildman–Crippen MR) is 152 cm³/mol. The molecule has 2 aromatic heterocycles. The predicted octanol–water partition coefficient (Wildman–Crippen LogP) is -5.52. The second-order valence-corrected chi connectivity index (χ2v) is 12.8. The Bertz CT molecular complexity index is 1420. The van der Waals surface area contributed by atoms with E-state index in [1.54, 1.807) is 0 Å². The van der Waals surface area contributed by atoms with Crippen LogP contribution in [0.3, 0.4) is 0 Å². The zero-order valence-electron chi connectivity index (χ0n) is 24.3. The van der Waals surface area contributed by atoms with Crippen molar-refractivity contribution < 1.29 is 117 Å². The number of phosphoric acid groups is 4. The van der Waals surface area contributed by atoms with E-state index in [1.165, 1.54) is 24.7 Å². The van der Waals surface area contributed by atoms with E-state index in [-0.39, 0.29) is 17.0 Å². The Labute approximate surface area is 271 Å². The van der Waals surface area contributed by atoms with Gasteiger partial charge in [-0.2, -0.15) is 0 Å². The molecule has 33 heteroatoms. The molecule has 6 atom stereocenters. The molecule has 3 heterocycles. The Hall–Kier alpha value is -2.43. The average Bonchev–Trinajstić information content (AvgIpc) is 3.41. The van der Waals surface area contributed by atoms with Gasteiger partial charge in [-0.1, -0.05) is 0 Å². The zero-order valence-corrected chi connectivity index (χ0v) is 27.9. The fourth-order valence-corrected chi connectivity index (χ4v) is 3.26. The standard InChI is InChI=1S/C16H21N5O8.4H3O4P/c1-6(15(25)26)21(7(2)16(27)28)13-9-12(17-4-18-13)20(5-19-9)14-11(24)10(23)8(3-22)29-14;4*1-5(2,3)4/h4-8,10-11,14,22-24H,3H2,1-2H3,(H,25,26)(H,27,28);4*(H3,1,2,3,4)/t6?,7?,8-,10-,11-,14-;;;;/m1..../s1. The normalized spacial score (nSPS) is 20.4. The fourth-order valence-electron chi connectivity index (χ4n) is 3.26. The molecule has 1 saturated heterocycles. The van der Waals surface area contributed by atoms with Crippen molar-refractivity contribution in [2.45, 2.75) is 50.5 Å². The summed E-state index contributed by atoms with van der Waals surface area (Å²) in [6, 6.07) is -2.48. The summed E-state index contributed by atoms with van der Waals surface area (Å²) >= 11 is 0. The fraction of sp³-hybridized carbons (Fsp3) is 0.562. The highest BCUT2D eigenvalue weighted by atomic mass is 31.2. The lowest BCUT2D eigenvalue weighted by atomic mass is 10.1. The number of carboxylic acids is 2. The second kappa shape index (κ2) is 19.8. The van der Waals surface area contributed by atoms with Gasteiger partial charge in [-0.25, -0.2) is 42.8 Å². The molecule has 3 rings (SSSR count). The van der Waals surface area contributed by atoms with Crippen molar-refractivity contribution in [2.24, 2.45) is 0 Å². The lowest BCUT2D eigenvalue weighted by molar-refractivity contribution is -0.140. The molecule has 1 aliphatic rings. The molecule has 17 N–H and O–H groups in total. The van der Waals surface area contributed by atoms with Gasteiger partial charge in [0.05, 0.1) is 12.9 Å². The molecule has 0 spiro atoms. The number of carboxylic acid groups (broad SMARTS) is 2. The summed E-state index contributed by atoms with van der Waals surface area (Å²) in [5, 5.41) is 48.3. The summed E-state index contributed by atoms with van der Waals surface area (Å²) < 4.78 is 42.3. The number of aliphatic hydroxyl groups excluding tert-OH is 3. The van der Waals surface area contributed by atoms with Crippen molar-refractivity contribution in [3.8, 4) is 0 Å². The van der Waals surface area contributed by atoms with Gasteiger partial charge in [0.15, 0.2) is 23.2 Å². The van der Waals surface area contributed by atoms with Crippen molar-refractivity contribution in [1.82, 2.24) is 19.5 Å². The van der Waals surface area contributed by atoms with Crippen LogP contribution in [0.4, 0.5) is 5.82 Å². The molecule has 0 radical (unpaired) electrons. The minimum atomic E-state index is -4.64. The average molecular weight is 803 g/mol. The molecule has 0 amide bonds. The number of fused-ring (bicyclic) bond motifs is 1. The van der Waals surface area contributed by atoms with Crippen LogP contribution in [0.1, 0.15) is 20.1 Å². The van der Waals surface area contributed by atoms with Gasteiger partial charge in [-0.15, -0.1) is 0 Å². The minimum Gasteiger partial charge on any atom is -0.480 e. The van der Waals surface area contributed by atoms with Crippen molar-refractivity contribution in [3.63, 3.8) is 0 Å². The summed E-state index contributed by atoms with van der Waals surface area (Å²) in [5.74, 6) is -2.54. The van der Waals surface area contributed by atoms with Crippen molar-refractivity contribution in [2.75, 3.05) is 11.5 Å². The highest BCUT2D eigenvalue weighted by Crippen LogP contribution is 2.33. The maximum absolute atomic E-state index is 11.5. The van der Waals surface area contributed by atoms with Gasteiger partial charge in [-0.05, 0) is 13.8 Å². The van der Waals surface area contributed by atoms with E-state index in [4.69, 9.17) is 81.7 Å². The number of anilines is 1. The summed E-state index contributed by atoms with van der Waals surface area (Å²) in [7, 11) is -18.6. The molecule has 0 aromatic carbocycles. The number of hydrogen-bond acceptors (Lipinski definition) is 14. The number of ether oxygens (including phenoxy) is 1. The monoisotopic (exact) mass is 803 g/mol. The summed E-state index contributed by atoms with van der Waals surface area (Å²) in [6.07, 6.45) is -2.48. The molecule has 2 aromatic rings. The van der Waals surface area contributed by atoms with Crippen LogP contribution >= 0.6 is 31.3 Å². The van der Waals surface area contributed by atoms with Gasteiger partial charge in [0, 0.05) is 0 Å². The smallest absolute Gasteiger partial charge is 0.466 e. The van der Waals surface area contributed by atoms with Gasteiger partial charge >= 0.3 is 43.2 Å². The first-order valence-electron chi connectivity index (χ1n) is 11.9. The molecule has 49 heavy (non-hydrogen) atoms. The largest absolute Gasteiger partial charge is 0.480 e. The molecule has 0 saturated carbocycles. The molecule has 29 nitrogen and oxygen atoms in total. The van der Waals surface area contributed by atoms with Crippen LogP contribution in [-0.4, -0.2) is 153 Å². The highest BCUT2D eigenvalue weighted by molar-refractivity contribution is 7.45. The van der Waals surface area contributed by atoms with E-state index >= 15 is 0 Å². The third-order valence-electron chi connectivity index (χ3n) is 4.92. The first kappa shape index (κ1) is 48.7. The van der Waals surface area contributed by atoms with E-state index in [0.29, 0.717) is 0 Å². The van der Waals surface area contributed by atoms with Crippen LogP contribution in [0.25, 0.3) is 11.2 Å². The molecule has 1 fully saturated rings. The third kappa shape index (κ3) is 22.1. The summed E-state index contributed by atoms with van der Waals surface area (Å²) in [6.45, 7) is 2.12. The Kier molecular flexibility index (Phi) is 19.7.